The standard InChI is InChI=1S/C21H35NO3Si/c1-9-19(22-21(23)24-8)20(18-13-11-10-12-14-18)25-26(15(2)3,16(4)5)17(6)7/h9-17,19-20H,1H2,2-8H3,(H,22,23)/t19-,20+/m0/s1. The van der Waals surface area contributed by atoms with Crippen LogP contribution in [0.25, 0.3) is 0 Å². The number of alkyl carbamates (subject to hydrolysis) is 1. The summed E-state index contributed by atoms with van der Waals surface area (Å²) < 4.78 is 11.8. The number of benzene rings is 1. The largest absolute Gasteiger partial charge is 0.453 e. The third-order valence-corrected chi connectivity index (χ3v) is 11.3. The van der Waals surface area contributed by atoms with E-state index in [1.807, 2.05) is 30.3 Å². The van der Waals surface area contributed by atoms with Crippen LogP contribution in [-0.4, -0.2) is 27.6 Å². The van der Waals surface area contributed by atoms with Gasteiger partial charge in [0.2, 0.25) is 8.32 Å². The van der Waals surface area contributed by atoms with Crippen LogP contribution in [0.3, 0.4) is 0 Å². The lowest BCUT2D eigenvalue weighted by Crippen LogP contribution is -2.51. The number of rotatable bonds is 9. The number of hydrogen-bond acceptors (Lipinski definition) is 3. The predicted molar refractivity (Wildman–Crippen MR) is 111 cm³/mol. The van der Waals surface area contributed by atoms with Crippen LogP contribution < -0.4 is 5.32 Å². The molecule has 0 saturated heterocycles. The molecule has 0 aromatic heterocycles. The molecule has 5 heteroatoms. The Morgan fingerprint density at radius 1 is 1.04 bits per heavy atom. The minimum Gasteiger partial charge on any atom is -0.453 e. The van der Waals surface area contributed by atoms with E-state index in [2.05, 4.69) is 53.4 Å². The van der Waals surface area contributed by atoms with Crippen molar-refractivity contribution in [1.29, 1.82) is 0 Å². The highest BCUT2D eigenvalue weighted by molar-refractivity contribution is 6.77. The number of carbonyl (C=O) groups is 1. The first-order valence-electron chi connectivity index (χ1n) is 9.40. The van der Waals surface area contributed by atoms with Gasteiger partial charge in [-0.3, -0.25) is 0 Å². The van der Waals surface area contributed by atoms with Crippen molar-refractivity contribution in [3.05, 3.63) is 48.6 Å². The molecule has 0 heterocycles. The minimum atomic E-state index is -2.15. The number of nitrogens with one attached hydrogen (secondary N) is 1. The Morgan fingerprint density at radius 2 is 1.54 bits per heavy atom. The van der Waals surface area contributed by atoms with E-state index >= 15 is 0 Å². The summed E-state index contributed by atoms with van der Waals surface area (Å²) in [4.78, 5) is 11.9. The third-order valence-electron chi connectivity index (χ3n) is 5.22. The Hall–Kier alpha value is -1.59. The first kappa shape index (κ1) is 22.4. The number of methoxy groups -OCH3 is 1. The van der Waals surface area contributed by atoms with Crippen molar-refractivity contribution in [3.63, 3.8) is 0 Å². The summed E-state index contributed by atoms with van der Waals surface area (Å²) in [7, 11) is -0.789. The van der Waals surface area contributed by atoms with Gasteiger partial charge in [0, 0.05) is 0 Å². The molecule has 0 fully saturated rings. The zero-order valence-electron chi connectivity index (χ0n) is 17.3. The van der Waals surface area contributed by atoms with Crippen LogP contribution in [0.5, 0.6) is 0 Å². The van der Waals surface area contributed by atoms with Crippen molar-refractivity contribution in [2.24, 2.45) is 0 Å². The van der Waals surface area contributed by atoms with Gasteiger partial charge in [-0.1, -0.05) is 78.0 Å². The number of amides is 1. The lowest BCUT2D eigenvalue weighted by molar-refractivity contribution is 0.130. The molecule has 1 aromatic carbocycles. The molecule has 1 rings (SSSR count). The highest BCUT2D eigenvalue weighted by Crippen LogP contribution is 2.45. The second-order valence-corrected chi connectivity index (χ2v) is 13.1. The summed E-state index contributed by atoms with van der Waals surface area (Å²) >= 11 is 0. The Morgan fingerprint density at radius 3 is 1.92 bits per heavy atom. The van der Waals surface area contributed by atoms with Gasteiger partial charge in [-0.05, 0) is 22.2 Å². The van der Waals surface area contributed by atoms with Crippen molar-refractivity contribution in [1.82, 2.24) is 5.32 Å². The van der Waals surface area contributed by atoms with Crippen molar-refractivity contribution < 1.29 is 14.0 Å². The van der Waals surface area contributed by atoms with Gasteiger partial charge < -0.3 is 14.5 Å². The third kappa shape index (κ3) is 4.98. The van der Waals surface area contributed by atoms with Gasteiger partial charge in [-0.2, -0.15) is 0 Å². The fourth-order valence-corrected chi connectivity index (χ4v) is 9.61. The smallest absolute Gasteiger partial charge is 0.407 e. The van der Waals surface area contributed by atoms with Crippen molar-refractivity contribution in [2.45, 2.75) is 70.3 Å². The SMILES string of the molecule is C=C[C@H](NC(=O)OC)[C@H](O[Si](C(C)C)(C(C)C)C(C)C)c1ccccc1. The van der Waals surface area contributed by atoms with Crippen LogP contribution in [0, 0.1) is 0 Å². The molecule has 26 heavy (non-hydrogen) atoms. The molecule has 0 radical (unpaired) electrons. The second kappa shape index (κ2) is 9.93. The molecule has 146 valence electrons. The minimum absolute atomic E-state index is 0.299. The van der Waals surface area contributed by atoms with Crippen molar-refractivity contribution >= 4 is 14.4 Å². The number of ether oxygens (including phenoxy) is 1. The quantitative estimate of drug-likeness (QED) is 0.435. The van der Waals surface area contributed by atoms with E-state index in [1.165, 1.54) is 7.11 Å². The monoisotopic (exact) mass is 377 g/mol. The first-order valence-corrected chi connectivity index (χ1v) is 11.5. The Labute approximate surface area is 160 Å². The summed E-state index contributed by atoms with van der Waals surface area (Å²) in [5, 5.41) is 2.87. The lowest BCUT2D eigenvalue weighted by Gasteiger charge is -2.46. The van der Waals surface area contributed by atoms with E-state index in [0.29, 0.717) is 16.6 Å². The average Bonchev–Trinajstić information content (AvgIpc) is 2.60. The van der Waals surface area contributed by atoms with E-state index in [-0.39, 0.29) is 12.1 Å². The zero-order valence-corrected chi connectivity index (χ0v) is 18.3. The maximum Gasteiger partial charge on any atom is 0.407 e. The molecule has 4 nitrogen and oxygen atoms in total. The van der Waals surface area contributed by atoms with E-state index in [4.69, 9.17) is 9.16 Å². The zero-order chi connectivity index (χ0) is 19.9. The van der Waals surface area contributed by atoms with Crippen LogP contribution in [0.1, 0.15) is 53.2 Å². The van der Waals surface area contributed by atoms with E-state index < -0.39 is 14.4 Å². The van der Waals surface area contributed by atoms with E-state index in [0.717, 1.165) is 5.56 Å². The van der Waals surface area contributed by atoms with Crippen LogP contribution in [0.15, 0.2) is 43.0 Å². The van der Waals surface area contributed by atoms with E-state index in [9.17, 15) is 4.79 Å². The molecule has 2 atom stereocenters. The van der Waals surface area contributed by atoms with E-state index in [1.54, 1.807) is 6.08 Å². The number of carbonyl (C=O) groups excluding carboxylic acids is 1. The van der Waals surface area contributed by atoms with Crippen LogP contribution in [-0.2, 0) is 9.16 Å². The lowest BCUT2D eigenvalue weighted by atomic mass is 10.0. The summed E-state index contributed by atoms with van der Waals surface area (Å²) in [6.07, 6.45) is 0.950. The van der Waals surface area contributed by atoms with Gasteiger partial charge in [-0.15, -0.1) is 6.58 Å². The molecule has 1 N–H and O–H groups in total. The van der Waals surface area contributed by atoms with Gasteiger partial charge in [0.25, 0.3) is 0 Å². The van der Waals surface area contributed by atoms with Crippen molar-refractivity contribution in [3.8, 4) is 0 Å². The fourth-order valence-electron chi connectivity index (χ4n) is 4.07. The molecule has 0 aliphatic heterocycles. The topological polar surface area (TPSA) is 47.6 Å². The van der Waals surface area contributed by atoms with Crippen LogP contribution in [0.4, 0.5) is 4.79 Å². The predicted octanol–water partition coefficient (Wildman–Crippen LogP) is 5.83. The maximum absolute atomic E-state index is 11.9. The molecule has 0 spiro atoms. The average molecular weight is 378 g/mol. The summed E-state index contributed by atoms with van der Waals surface area (Å²) in [5.41, 5.74) is 2.36. The molecule has 0 aliphatic carbocycles. The second-order valence-electron chi connectivity index (χ2n) is 7.66. The highest BCUT2D eigenvalue weighted by atomic mass is 28.4. The van der Waals surface area contributed by atoms with Crippen LogP contribution in [0.2, 0.25) is 16.6 Å². The normalized spacial score (nSPS) is 14.4. The summed E-state index contributed by atoms with van der Waals surface area (Å²) in [5.74, 6) is 0. The van der Waals surface area contributed by atoms with Gasteiger partial charge >= 0.3 is 6.09 Å². The van der Waals surface area contributed by atoms with Crippen LogP contribution >= 0.6 is 0 Å². The summed E-state index contributed by atoms with van der Waals surface area (Å²) in [6, 6.07) is 9.68. The Kier molecular flexibility index (Phi) is 8.57. The fraction of sp³-hybridized carbons (Fsp3) is 0.571. The Bertz CT molecular complexity index is 550. The molecule has 0 saturated carbocycles. The molecule has 1 aromatic rings. The molecule has 0 bridgehead atoms. The van der Waals surface area contributed by atoms with Gasteiger partial charge in [0.15, 0.2) is 0 Å². The van der Waals surface area contributed by atoms with Gasteiger partial charge in [0.1, 0.15) is 0 Å². The van der Waals surface area contributed by atoms with Crippen molar-refractivity contribution in [2.75, 3.05) is 7.11 Å². The molecule has 0 aliphatic rings. The Balaban J connectivity index is 3.39. The molecule has 0 unspecified atom stereocenters. The maximum atomic E-state index is 11.9. The molecule has 1 amide bonds. The molecular formula is C21H35NO3Si. The highest BCUT2D eigenvalue weighted by Gasteiger charge is 2.47. The first-order chi connectivity index (χ1) is 12.2. The van der Waals surface area contributed by atoms with Gasteiger partial charge in [-0.25, -0.2) is 4.79 Å². The number of hydrogen-bond donors (Lipinski definition) is 1. The molecular weight excluding hydrogens is 342 g/mol. The summed E-state index contributed by atoms with van der Waals surface area (Å²) in [6.45, 7) is 17.5. The van der Waals surface area contributed by atoms with Gasteiger partial charge in [0.05, 0.1) is 19.3 Å².